The molecule has 0 saturated carbocycles. The molecule has 1 rings (SSSR count). The number of rotatable bonds is 7. The van der Waals surface area contributed by atoms with Gasteiger partial charge in [-0.3, -0.25) is 4.79 Å². The fourth-order valence-corrected chi connectivity index (χ4v) is 1.75. The van der Waals surface area contributed by atoms with E-state index in [-0.39, 0.29) is 5.91 Å². The maximum absolute atomic E-state index is 11.9. The van der Waals surface area contributed by atoms with Gasteiger partial charge >= 0.3 is 0 Å². The number of benzene rings is 1. The smallest absolute Gasteiger partial charge is 0.253 e. The molecule has 0 radical (unpaired) electrons. The van der Waals surface area contributed by atoms with Crippen LogP contribution >= 0.6 is 0 Å². The third-order valence-electron chi connectivity index (χ3n) is 2.76. The van der Waals surface area contributed by atoms with Gasteiger partial charge in [-0.25, -0.2) is 0 Å². The molecule has 1 aromatic carbocycles. The Morgan fingerprint density at radius 3 is 2.65 bits per heavy atom. The standard InChI is InChI=1S/C14H22N2O/c1-3-4-5-8-11-16-14(17)12-9-6-7-10-13(12)15-2/h6-7,9-10,15H,3-5,8,11H2,1-2H3,(H,16,17). The van der Waals surface area contributed by atoms with Crippen molar-refractivity contribution in [3.05, 3.63) is 29.8 Å². The van der Waals surface area contributed by atoms with E-state index < -0.39 is 0 Å². The van der Waals surface area contributed by atoms with Crippen LogP contribution in [-0.2, 0) is 0 Å². The largest absolute Gasteiger partial charge is 0.387 e. The lowest BCUT2D eigenvalue weighted by Crippen LogP contribution is -2.25. The monoisotopic (exact) mass is 234 g/mol. The van der Waals surface area contributed by atoms with Crippen molar-refractivity contribution in [1.82, 2.24) is 5.32 Å². The molecule has 94 valence electrons. The van der Waals surface area contributed by atoms with Gasteiger partial charge in [0.1, 0.15) is 0 Å². The van der Waals surface area contributed by atoms with E-state index in [2.05, 4.69) is 17.6 Å². The lowest BCUT2D eigenvalue weighted by atomic mass is 10.1. The van der Waals surface area contributed by atoms with Crippen LogP contribution in [0.5, 0.6) is 0 Å². The highest BCUT2D eigenvalue weighted by Gasteiger charge is 2.08. The first kappa shape index (κ1) is 13.6. The van der Waals surface area contributed by atoms with Crippen molar-refractivity contribution >= 4 is 11.6 Å². The Balaban J connectivity index is 2.41. The number of para-hydroxylation sites is 1. The molecule has 1 aromatic rings. The Labute approximate surface area is 104 Å². The number of carbonyl (C=O) groups is 1. The van der Waals surface area contributed by atoms with E-state index in [9.17, 15) is 4.79 Å². The summed E-state index contributed by atoms with van der Waals surface area (Å²) >= 11 is 0. The van der Waals surface area contributed by atoms with Gasteiger partial charge in [-0.15, -0.1) is 0 Å². The van der Waals surface area contributed by atoms with Gasteiger partial charge < -0.3 is 10.6 Å². The second kappa shape index (κ2) is 7.71. The van der Waals surface area contributed by atoms with Crippen molar-refractivity contribution in [1.29, 1.82) is 0 Å². The van der Waals surface area contributed by atoms with Crippen molar-refractivity contribution in [2.45, 2.75) is 32.6 Å². The molecule has 0 fully saturated rings. The molecular weight excluding hydrogens is 212 g/mol. The number of anilines is 1. The molecule has 2 N–H and O–H groups in total. The van der Waals surface area contributed by atoms with Gasteiger partial charge in [0, 0.05) is 19.3 Å². The van der Waals surface area contributed by atoms with Gasteiger partial charge in [-0.2, -0.15) is 0 Å². The summed E-state index contributed by atoms with van der Waals surface area (Å²) in [6.07, 6.45) is 4.70. The first-order chi connectivity index (χ1) is 8.29. The van der Waals surface area contributed by atoms with Crippen LogP contribution in [0, 0.1) is 0 Å². The summed E-state index contributed by atoms with van der Waals surface area (Å²) in [5.41, 5.74) is 1.59. The van der Waals surface area contributed by atoms with E-state index in [0.29, 0.717) is 5.56 Å². The second-order valence-corrected chi connectivity index (χ2v) is 4.11. The fourth-order valence-electron chi connectivity index (χ4n) is 1.75. The minimum atomic E-state index is 0.00597. The van der Waals surface area contributed by atoms with Crippen molar-refractivity contribution in [2.24, 2.45) is 0 Å². The fraction of sp³-hybridized carbons (Fsp3) is 0.500. The molecule has 17 heavy (non-hydrogen) atoms. The van der Waals surface area contributed by atoms with Gasteiger partial charge in [-0.05, 0) is 18.6 Å². The van der Waals surface area contributed by atoms with Crippen LogP contribution in [0.1, 0.15) is 43.0 Å². The Kier molecular flexibility index (Phi) is 6.15. The summed E-state index contributed by atoms with van der Waals surface area (Å²) in [6, 6.07) is 7.55. The number of hydrogen-bond donors (Lipinski definition) is 2. The quantitative estimate of drug-likeness (QED) is 0.712. The molecule has 0 spiro atoms. The summed E-state index contributed by atoms with van der Waals surface area (Å²) < 4.78 is 0. The Morgan fingerprint density at radius 1 is 1.18 bits per heavy atom. The Morgan fingerprint density at radius 2 is 1.94 bits per heavy atom. The first-order valence-electron chi connectivity index (χ1n) is 6.34. The molecule has 3 heteroatoms. The summed E-state index contributed by atoms with van der Waals surface area (Å²) in [4.78, 5) is 11.9. The molecular formula is C14H22N2O. The molecule has 0 heterocycles. The lowest BCUT2D eigenvalue weighted by Gasteiger charge is -2.09. The van der Waals surface area contributed by atoms with Crippen LogP contribution in [-0.4, -0.2) is 19.5 Å². The number of carbonyl (C=O) groups excluding carboxylic acids is 1. The minimum Gasteiger partial charge on any atom is -0.387 e. The minimum absolute atomic E-state index is 0.00597. The third-order valence-corrected chi connectivity index (χ3v) is 2.76. The average Bonchev–Trinajstić information content (AvgIpc) is 2.38. The molecule has 0 aromatic heterocycles. The SMILES string of the molecule is CCCCCCNC(=O)c1ccccc1NC. The highest BCUT2D eigenvalue weighted by atomic mass is 16.1. The van der Waals surface area contributed by atoms with Crippen molar-refractivity contribution in [2.75, 3.05) is 18.9 Å². The average molecular weight is 234 g/mol. The molecule has 0 aliphatic rings. The van der Waals surface area contributed by atoms with Gasteiger partial charge in [-0.1, -0.05) is 38.3 Å². The highest BCUT2D eigenvalue weighted by molar-refractivity contribution is 5.99. The van der Waals surface area contributed by atoms with Gasteiger partial charge in [0.2, 0.25) is 0 Å². The van der Waals surface area contributed by atoms with E-state index >= 15 is 0 Å². The van der Waals surface area contributed by atoms with Crippen LogP contribution in [0.3, 0.4) is 0 Å². The molecule has 0 aliphatic heterocycles. The molecule has 3 nitrogen and oxygen atoms in total. The third kappa shape index (κ3) is 4.47. The van der Waals surface area contributed by atoms with E-state index in [1.165, 1.54) is 19.3 Å². The Bertz CT molecular complexity index is 350. The van der Waals surface area contributed by atoms with Crippen molar-refractivity contribution in [3.63, 3.8) is 0 Å². The van der Waals surface area contributed by atoms with Crippen molar-refractivity contribution < 1.29 is 4.79 Å². The predicted octanol–water partition coefficient (Wildman–Crippen LogP) is 3.04. The summed E-state index contributed by atoms with van der Waals surface area (Å²) in [7, 11) is 1.83. The van der Waals surface area contributed by atoms with E-state index in [4.69, 9.17) is 0 Å². The zero-order chi connectivity index (χ0) is 12.5. The normalized spacial score (nSPS) is 10.0. The summed E-state index contributed by atoms with van der Waals surface area (Å²) in [5.74, 6) is 0.00597. The second-order valence-electron chi connectivity index (χ2n) is 4.11. The maximum Gasteiger partial charge on any atom is 0.253 e. The number of unbranched alkanes of at least 4 members (excludes halogenated alkanes) is 3. The molecule has 0 bridgehead atoms. The van der Waals surface area contributed by atoms with Crippen LogP contribution < -0.4 is 10.6 Å². The molecule has 0 aliphatic carbocycles. The van der Waals surface area contributed by atoms with E-state index in [1.54, 1.807) is 0 Å². The van der Waals surface area contributed by atoms with Crippen LogP contribution in [0.4, 0.5) is 5.69 Å². The zero-order valence-electron chi connectivity index (χ0n) is 10.8. The van der Waals surface area contributed by atoms with Crippen molar-refractivity contribution in [3.8, 4) is 0 Å². The molecule has 0 atom stereocenters. The zero-order valence-corrected chi connectivity index (χ0v) is 10.8. The summed E-state index contributed by atoms with van der Waals surface area (Å²) in [6.45, 7) is 2.94. The van der Waals surface area contributed by atoms with Crippen LogP contribution in [0.15, 0.2) is 24.3 Å². The van der Waals surface area contributed by atoms with Gasteiger partial charge in [0.15, 0.2) is 0 Å². The summed E-state index contributed by atoms with van der Waals surface area (Å²) in [5, 5.41) is 5.98. The predicted molar refractivity (Wildman–Crippen MR) is 72.5 cm³/mol. The van der Waals surface area contributed by atoms with Gasteiger partial charge in [0.25, 0.3) is 5.91 Å². The molecule has 1 amide bonds. The van der Waals surface area contributed by atoms with E-state index in [1.807, 2.05) is 31.3 Å². The topological polar surface area (TPSA) is 41.1 Å². The van der Waals surface area contributed by atoms with E-state index in [0.717, 1.165) is 18.7 Å². The molecule has 0 saturated heterocycles. The lowest BCUT2D eigenvalue weighted by molar-refractivity contribution is 0.0954. The number of hydrogen-bond acceptors (Lipinski definition) is 2. The van der Waals surface area contributed by atoms with Crippen LogP contribution in [0.2, 0.25) is 0 Å². The van der Waals surface area contributed by atoms with Gasteiger partial charge in [0.05, 0.1) is 5.56 Å². The van der Waals surface area contributed by atoms with Crippen LogP contribution in [0.25, 0.3) is 0 Å². The number of amides is 1. The maximum atomic E-state index is 11.9. The first-order valence-corrected chi connectivity index (χ1v) is 6.34. The highest BCUT2D eigenvalue weighted by Crippen LogP contribution is 2.13. The Hall–Kier alpha value is -1.51. The number of nitrogens with one attached hydrogen (secondary N) is 2. The molecule has 0 unspecified atom stereocenters.